The average Bonchev–Trinajstić information content (AvgIpc) is 2.78. The first-order chi connectivity index (χ1) is 7.31. The van der Waals surface area contributed by atoms with Crippen LogP contribution in [0.5, 0.6) is 0 Å². The highest BCUT2D eigenvalue weighted by Crippen LogP contribution is 2.31. The summed E-state index contributed by atoms with van der Waals surface area (Å²) in [6.07, 6.45) is 5.78. The van der Waals surface area contributed by atoms with Crippen molar-refractivity contribution in [1.82, 2.24) is 10.2 Å². The van der Waals surface area contributed by atoms with Gasteiger partial charge in [-0.2, -0.15) is 0 Å². The summed E-state index contributed by atoms with van der Waals surface area (Å²) in [6, 6.07) is 0. The molecular weight excluding hydrogens is 194 g/mol. The molecular formula is C10H13N3O2. The molecule has 1 aliphatic rings. The molecule has 2 rings (SSSR count). The van der Waals surface area contributed by atoms with E-state index in [0.29, 0.717) is 11.8 Å². The van der Waals surface area contributed by atoms with E-state index in [9.17, 15) is 4.79 Å². The Kier molecular flexibility index (Phi) is 2.89. The largest absolute Gasteiger partial charge is 0.417 e. The zero-order valence-corrected chi connectivity index (χ0v) is 8.48. The van der Waals surface area contributed by atoms with Gasteiger partial charge < -0.3 is 4.42 Å². The Morgan fingerprint density at radius 2 is 2.07 bits per heavy atom. The Morgan fingerprint density at radius 3 is 2.73 bits per heavy atom. The zero-order valence-electron chi connectivity index (χ0n) is 8.48. The number of aromatic nitrogens is 2. The Hall–Kier alpha value is -1.52. The maximum absolute atomic E-state index is 11.1. The SMILES string of the molecule is C=NC(=O)c1nnc(C2CCCCC2)o1. The van der Waals surface area contributed by atoms with Crippen molar-refractivity contribution in [3.63, 3.8) is 0 Å². The van der Waals surface area contributed by atoms with E-state index in [2.05, 4.69) is 21.9 Å². The van der Waals surface area contributed by atoms with Gasteiger partial charge in [0, 0.05) is 5.92 Å². The number of carbonyl (C=O) groups is 1. The van der Waals surface area contributed by atoms with E-state index >= 15 is 0 Å². The maximum Gasteiger partial charge on any atom is 0.333 e. The molecule has 0 unspecified atom stereocenters. The summed E-state index contributed by atoms with van der Waals surface area (Å²) in [4.78, 5) is 14.3. The topological polar surface area (TPSA) is 68.3 Å². The van der Waals surface area contributed by atoms with Crippen LogP contribution in [0.15, 0.2) is 9.41 Å². The van der Waals surface area contributed by atoms with Crippen LogP contribution in [0.1, 0.15) is 54.6 Å². The molecule has 5 heteroatoms. The van der Waals surface area contributed by atoms with Gasteiger partial charge >= 0.3 is 11.8 Å². The fraction of sp³-hybridized carbons (Fsp3) is 0.600. The lowest BCUT2D eigenvalue weighted by Gasteiger charge is -2.17. The molecule has 0 radical (unpaired) electrons. The van der Waals surface area contributed by atoms with Crippen LogP contribution >= 0.6 is 0 Å². The van der Waals surface area contributed by atoms with Crippen LogP contribution in [0.3, 0.4) is 0 Å². The molecule has 1 aromatic rings. The molecule has 1 aliphatic carbocycles. The van der Waals surface area contributed by atoms with Gasteiger partial charge in [0.2, 0.25) is 5.89 Å². The molecule has 0 atom stereocenters. The van der Waals surface area contributed by atoms with Crippen molar-refractivity contribution in [2.75, 3.05) is 0 Å². The predicted octanol–water partition coefficient (Wildman–Crippen LogP) is 1.96. The molecule has 0 aromatic carbocycles. The summed E-state index contributed by atoms with van der Waals surface area (Å²) in [5.74, 6) is 0.287. The van der Waals surface area contributed by atoms with Crippen LogP contribution in [-0.4, -0.2) is 22.8 Å². The molecule has 1 aromatic heterocycles. The van der Waals surface area contributed by atoms with Crippen LogP contribution in [0.2, 0.25) is 0 Å². The molecule has 0 bridgehead atoms. The highest BCUT2D eigenvalue weighted by molar-refractivity contribution is 5.92. The van der Waals surface area contributed by atoms with E-state index in [4.69, 9.17) is 4.42 Å². The third-order valence-electron chi connectivity index (χ3n) is 2.72. The Bertz CT molecular complexity index is 366. The van der Waals surface area contributed by atoms with Crippen LogP contribution in [0, 0.1) is 0 Å². The monoisotopic (exact) mass is 207 g/mol. The van der Waals surface area contributed by atoms with Crippen LogP contribution in [-0.2, 0) is 0 Å². The van der Waals surface area contributed by atoms with Crippen LogP contribution in [0.4, 0.5) is 0 Å². The normalized spacial score (nSPS) is 17.6. The maximum atomic E-state index is 11.1. The fourth-order valence-electron chi connectivity index (χ4n) is 1.90. The highest BCUT2D eigenvalue weighted by atomic mass is 16.4. The first-order valence-corrected chi connectivity index (χ1v) is 5.15. The molecule has 5 nitrogen and oxygen atoms in total. The van der Waals surface area contributed by atoms with Gasteiger partial charge in [-0.3, -0.25) is 4.79 Å². The molecule has 0 N–H and O–H groups in total. The Labute approximate surface area is 87.6 Å². The minimum atomic E-state index is -0.551. The van der Waals surface area contributed by atoms with Crippen molar-refractivity contribution in [3.8, 4) is 0 Å². The molecule has 1 amide bonds. The number of nitrogens with zero attached hydrogens (tertiary/aromatic N) is 3. The van der Waals surface area contributed by atoms with Gasteiger partial charge in [0.25, 0.3) is 0 Å². The van der Waals surface area contributed by atoms with Gasteiger partial charge in [0.05, 0.1) is 0 Å². The molecule has 0 aliphatic heterocycles. The standard InChI is InChI=1S/C10H13N3O2/c1-11-8(14)10-13-12-9(15-10)7-5-3-2-4-6-7/h7H,1-6H2. The number of carbonyl (C=O) groups excluding carboxylic acids is 1. The predicted molar refractivity (Wildman–Crippen MR) is 54.0 cm³/mol. The number of rotatable bonds is 2. The van der Waals surface area contributed by atoms with Crippen LogP contribution < -0.4 is 0 Å². The lowest BCUT2D eigenvalue weighted by Crippen LogP contribution is -2.04. The zero-order chi connectivity index (χ0) is 10.7. The van der Waals surface area contributed by atoms with E-state index in [1.807, 2.05) is 0 Å². The summed E-state index contributed by atoms with van der Waals surface area (Å²) in [5.41, 5.74) is 0. The van der Waals surface area contributed by atoms with E-state index in [-0.39, 0.29) is 5.89 Å². The van der Waals surface area contributed by atoms with Crippen molar-refractivity contribution < 1.29 is 9.21 Å². The van der Waals surface area contributed by atoms with Gasteiger partial charge in [0.15, 0.2) is 0 Å². The van der Waals surface area contributed by atoms with E-state index in [1.165, 1.54) is 19.3 Å². The van der Waals surface area contributed by atoms with E-state index < -0.39 is 5.91 Å². The number of hydrogen-bond donors (Lipinski definition) is 0. The molecule has 1 saturated carbocycles. The molecule has 80 valence electrons. The van der Waals surface area contributed by atoms with Gasteiger partial charge in [-0.15, -0.1) is 10.2 Å². The van der Waals surface area contributed by atoms with Crippen molar-refractivity contribution in [1.29, 1.82) is 0 Å². The van der Waals surface area contributed by atoms with Crippen molar-refractivity contribution in [2.24, 2.45) is 4.99 Å². The minimum Gasteiger partial charge on any atom is -0.417 e. The average molecular weight is 207 g/mol. The minimum absolute atomic E-state index is 0.0504. The Balaban J connectivity index is 2.11. The van der Waals surface area contributed by atoms with Gasteiger partial charge in [-0.1, -0.05) is 19.3 Å². The highest BCUT2D eigenvalue weighted by Gasteiger charge is 2.22. The Morgan fingerprint density at radius 1 is 1.33 bits per heavy atom. The second-order valence-electron chi connectivity index (χ2n) is 3.74. The molecule has 15 heavy (non-hydrogen) atoms. The summed E-state index contributed by atoms with van der Waals surface area (Å²) in [6.45, 7) is 3.13. The first-order valence-electron chi connectivity index (χ1n) is 5.15. The first kappa shape index (κ1) is 10.0. The fourth-order valence-corrected chi connectivity index (χ4v) is 1.90. The number of hydrogen-bond acceptors (Lipinski definition) is 4. The molecule has 1 heterocycles. The summed E-state index contributed by atoms with van der Waals surface area (Å²) >= 11 is 0. The molecule has 0 saturated heterocycles. The lowest BCUT2D eigenvalue weighted by molar-refractivity contribution is 0.0968. The van der Waals surface area contributed by atoms with Crippen molar-refractivity contribution in [3.05, 3.63) is 11.8 Å². The smallest absolute Gasteiger partial charge is 0.333 e. The van der Waals surface area contributed by atoms with Crippen molar-refractivity contribution >= 4 is 12.6 Å². The second-order valence-corrected chi connectivity index (χ2v) is 3.74. The van der Waals surface area contributed by atoms with Gasteiger partial charge in [-0.05, 0) is 19.6 Å². The number of aliphatic imine (C=N–C) groups is 1. The third kappa shape index (κ3) is 2.11. The van der Waals surface area contributed by atoms with E-state index in [0.717, 1.165) is 12.8 Å². The molecule has 0 spiro atoms. The van der Waals surface area contributed by atoms with Crippen molar-refractivity contribution in [2.45, 2.75) is 38.0 Å². The van der Waals surface area contributed by atoms with Crippen LogP contribution in [0.25, 0.3) is 0 Å². The quantitative estimate of drug-likeness (QED) is 0.695. The second kappa shape index (κ2) is 4.33. The summed E-state index contributed by atoms with van der Waals surface area (Å²) < 4.78 is 5.27. The summed E-state index contributed by atoms with van der Waals surface area (Å²) in [5, 5.41) is 7.55. The molecule has 1 fully saturated rings. The van der Waals surface area contributed by atoms with E-state index in [1.54, 1.807) is 0 Å². The third-order valence-corrected chi connectivity index (χ3v) is 2.72. The summed E-state index contributed by atoms with van der Waals surface area (Å²) in [7, 11) is 0. The lowest BCUT2D eigenvalue weighted by atomic mass is 9.89. The van der Waals surface area contributed by atoms with Gasteiger partial charge in [-0.25, -0.2) is 4.99 Å². The van der Waals surface area contributed by atoms with Gasteiger partial charge in [0.1, 0.15) is 0 Å². The number of amides is 1.